The van der Waals surface area contributed by atoms with Crippen LogP contribution in [0.15, 0.2) is 18.3 Å². The van der Waals surface area contributed by atoms with E-state index in [1.165, 1.54) is 5.69 Å². The predicted molar refractivity (Wildman–Crippen MR) is 81.1 cm³/mol. The minimum atomic E-state index is -0.122. The van der Waals surface area contributed by atoms with E-state index in [0.29, 0.717) is 5.15 Å². The van der Waals surface area contributed by atoms with E-state index in [1.807, 2.05) is 17.8 Å². The normalized spacial score (nSPS) is 11.7. The monoisotopic (exact) mass is 293 g/mol. The summed E-state index contributed by atoms with van der Waals surface area (Å²) >= 11 is 6.05. The summed E-state index contributed by atoms with van der Waals surface area (Å²) in [6, 6.07) is 3.76. The minimum Gasteiger partial charge on any atom is -0.370 e. The zero-order valence-corrected chi connectivity index (χ0v) is 13.1. The van der Waals surface area contributed by atoms with Crippen LogP contribution in [0.3, 0.4) is 0 Å². The van der Waals surface area contributed by atoms with E-state index in [2.05, 4.69) is 41.2 Å². The zero-order chi connectivity index (χ0) is 14.8. The van der Waals surface area contributed by atoms with Crippen LogP contribution in [-0.4, -0.2) is 26.3 Å². The average Bonchev–Trinajstić information content (AvgIpc) is 2.73. The summed E-state index contributed by atoms with van der Waals surface area (Å²) in [5.41, 5.74) is 1.05. The van der Waals surface area contributed by atoms with Gasteiger partial charge in [-0.25, -0.2) is 9.97 Å². The molecule has 2 aromatic heterocycles. The highest BCUT2D eigenvalue weighted by atomic mass is 35.5. The quantitative estimate of drug-likeness (QED) is 0.881. The van der Waals surface area contributed by atoms with Gasteiger partial charge in [0, 0.05) is 43.4 Å². The topological polar surface area (TPSA) is 55.6 Å². The fourth-order valence-electron chi connectivity index (χ4n) is 1.81. The van der Waals surface area contributed by atoms with Gasteiger partial charge in [-0.05, 0) is 6.07 Å². The van der Waals surface area contributed by atoms with Crippen molar-refractivity contribution in [1.82, 2.24) is 19.7 Å². The summed E-state index contributed by atoms with van der Waals surface area (Å²) < 4.78 is 1.87. The lowest BCUT2D eigenvalue weighted by Gasteiger charge is -2.17. The van der Waals surface area contributed by atoms with Gasteiger partial charge >= 0.3 is 0 Å². The SMILES string of the molecule is Cn1nccc1CCNc1cc(Cl)nc(C(C)(C)C)n1. The highest BCUT2D eigenvalue weighted by Gasteiger charge is 2.18. The summed E-state index contributed by atoms with van der Waals surface area (Å²) in [6.45, 7) is 6.98. The maximum Gasteiger partial charge on any atom is 0.137 e. The van der Waals surface area contributed by atoms with Gasteiger partial charge < -0.3 is 5.32 Å². The number of aryl methyl sites for hydroxylation is 1. The number of hydrogen-bond donors (Lipinski definition) is 1. The lowest BCUT2D eigenvalue weighted by atomic mass is 9.96. The Bertz CT molecular complexity index is 585. The first-order valence-corrected chi connectivity index (χ1v) is 7.00. The maximum atomic E-state index is 6.05. The van der Waals surface area contributed by atoms with Crippen molar-refractivity contribution < 1.29 is 0 Å². The molecule has 0 aromatic carbocycles. The minimum absolute atomic E-state index is 0.122. The van der Waals surface area contributed by atoms with E-state index in [4.69, 9.17) is 11.6 Å². The van der Waals surface area contributed by atoms with Crippen molar-refractivity contribution in [2.75, 3.05) is 11.9 Å². The van der Waals surface area contributed by atoms with Crippen molar-refractivity contribution in [2.24, 2.45) is 7.05 Å². The number of rotatable bonds is 4. The van der Waals surface area contributed by atoms with Gasteiger partial charge in [0.25, 0.3) is 0 Å². The van der Waals surface area contributed by atoms with E-state index >= 15 is 0 Å². The third-order valence-corrected chi connectivity index (χ3v) is 3.17. The smallest absolute Gasteiger partial charge is 0.137 e. The molecule has 108 valence electrons. The number of halogens is 1. The number of nitrogens with zero attached hydrogens (tertiary/aromatic N) is 4. The Morgan fingerprint density at radius 1 is 1.30 bits per heavy atom. The molecular weight excluding hydrogens is 274 g/mol. The standard InChI is InChI=1S/C14H20ClN5/c1-14(2,3)13-18-11(15)9-12(19-13)16-7-5-10-6-8-17-20(10)4/h6,8-9H,5,7H2,1-4H3,(H,16,18,19). The molecule has 0 radical (unpaired) electrons. The van der Waals surface area contributed by atoms with Crippen molar-refractivity contribution >= 4 is 17.4 Å². The van der Waals surface area contributed by atoms with Crippen LogP contribution in [0.2, 0.25) is 5.15 Å². The molecular formula is C14H20ClN5. The van der Waals surface area contributed by atoms with Crippen LogP contribution in [0, 0.1) is 0 Å². The van der Waals surface area contributed by atoms with E-state index in [1.54, 1.807) is 12.3 Å². The van der Waals surface area contributed by atoms with E-state index in [-0.39, 0.29) is 5.41 Å². The molecule has 0 saturated heterocycles. The van der Waals surface area contributed by atoms with Crippen LogP contribution in [0.1, 0.15) is 32.3 Å². The van der Waals surface area contributed by atoms with Gasteiger partial charge in [0.2, 0.25) is 0 Å². The lowest BCUT2D eigenvalue weighted by Crippen LogP contribution is -2.18. The van der Waals surface area contributed by atoms with Gasteiger partial charge in [-0.15, -0.1) is 0 Å². The largest absolute Gasteiger partial charge is 0.370 e. The van der Waals surface area contributed by atoms with Gasteiger partial charge in [0.15, 0.2) is 0 Å². The molecule has 0 aliphatic carbocycles. The molecule has 0 amide bonds. The first kappa shape index (κ1) is 14.8. The third-order valence-electron chi connectivity index (χ3n) is 2.98. The molecule has 1 N–H and O–H groups in total. The number of anilines is 1. The number of aromatic nitrogens is 4. The molecule has 0 aliphatic rings. The molecule has 0 fully saturated rings. The molecule has 0 unspecified atom stereocenters. The van der Waals surface area contributed by atoms with Crippen molar-refractivity contribution in [2.45, 2.75) is 32.6 Å². The second-order valence-electron chi connectivity index (χ2n) is 5.77. The summed E-state index contributed by atoms with van der Waals surface area (Å²) in [4.78, 5) is 8.79. The highest BCUT2D eigenvalue weighted by Crippen LogP contribution is 2.22. The van der Waals surface area contributed by atoms with Crippen molar-refractivity contribution in [3.05, 3.63) is 35.0 Å². The van der Waals surface area contributed by atoms with Crippen molar-refractivity contribution in [3.63, 3.8) is 0 Å². The number of hydrogen-bond acceptors (Lipinski definition) is 4. The van der Waals surface area contributed by atoms with Crippen LogP contribution in [0.5, 0.6) is 0 Å². The Balaban J connectivity index is 2.03. The van der Waals surface area contributed by atoms with Crippen LogP contribution in [-0.2, 0) is 18.9 Å². The second kappa shape index (κ2) is 5.79. The second-order valence-corrected chi connectivity index (χ2v) is 6.16. The first-order valence-electron chi connectivity index (χ1n) is 6.62. The predicted octanol–water partition coefficient (Wildman–Crippen LogP) is 2.82. The van der Waals surface area contributed by atoms with Crippen LogP contribution in [0.4, 0.5) is 5.82 Å². The molecule has 2 aromatic rings. The van der Waals surface area contributed by atoms with E-state index in [9.17, 15) is 0 Å². The summed E-state index contributed by atoms with van der Waals surface area (Å²) in [5.74, 6) is 1.50. The highest BCUT2D eigenvalue weighted by molar-refractivity contribution is 6.29. The van der Waals surface area contributed by atoms with Gasteiger partial charge in [0.1, 0.15) is 16.8 Å². The fourth-order valence-corrected chi connectivity index (χ4v) is 1.99. The fraction of sp³-hybridized carbons (Fsp3) is 0.500. The summed E-state index contributed by atoms with van der Waals surface area (Å²) in [5, 5.41) is 7.90. The Labute approximate surface area is 124 Å². The Morgan fingerprint density at radius 3 is 2.65 bits per heavy atom. The molecule has 0 aliphatic heterocycles. The molecule has 0 bridgehead atoms. The molecule has 0 spiro atoms. The van der Waals surface area contributed by atoms with Crippen molar-refractivity contribution in [1.29, 1.82) is 0 Å². The molecule has 5 nitrogen and oxygen atoms in total. The summed E-state index contributed by atoms with van der Waals surface area (Å²) in [7, 11) is 1.94. The zero-order valence-electron chi connectivity index (χ0n) is 12.3. The average molecular weight is 294 g/mol. The van der Waals surface area contributed by atoms with Gasteiger partial charge in [0.05, 0.1) is 0 Å². The lowest BCUT2D eigenvalue weighted by molar-refractivity contribution is 0.546. The molecule has 2 rings (SSSR count). The molecule has 2 heterocycles. The van der Waals surface area contributed by atoms with Gasteiger partial charge in [-0.1, -0.05) is 32.4 Å². The van der Waals surface area contributed by atoms with Gasteiger partial charge in [-0.2, -0.15) is 5.10 Å². The Kier molecular flexibility index (Phi) is 4.28. The Hall–Kier alpha value is -1.62. The van der Waals surface area contributed by atoms with Crippen LogP contribution >= 0.6 is 11.6 Å². The first-order chi connectivity index (χ1) is 9.36. The molecule has 0 saturated carbocycles. The molecule has 20 heavy (non-hydrogen) atoms. The third kappa shape index (κ3) is 3.70. The Morgan fingerprint density at radius 2 is 2.05 bits per heavy atom. The molecule has 6 heteroatoms. The molecule has 0 atom stereocenters. The van der Waals surface area contributed by atoms with E-state index < -0.39 is 0 Å². The van der Waals surface area contributed by atoms with Crippen LogP contribution < -0.4 is 5.32 Å². The van der Waals surface area contributed by atoms with Crippen molar-refractivity contribution in [3.8, 4) is 0 Å². The summed E-state index contributed by atoms with van der Waals surface area (Å²) in [6.07, 6.45) is 2.68. The number of nitrogens with one attached hydrogen (secondary N) is 1. The van der Waals surface area contributed by atoms with E-state index in [0.717, 1.165) is 24.6 Å². The van der Waals surface area contributed by atoms with Crippen LogP contribution in [0.25, 0.3) is 0 Å². The van der Waals surface area contributed by atoms with Gasteiger partial charge in [-0.3, -0.25) is 4.68 Å². The maximum absolute atomic E-state index is 6.05.